The van der Waals surface area contributed by atoms with Crippen LogP contribution in [0.1, 0.15) is 17.5 Å². The smallest absolute Gasteiger partial charge is 0.249 e. The number of nitrogens with one attached hydrogen (secondary N) is 2. The number of rotatable bonds is 8. The fourth-order valence-electron chi connectivity index (χ4n) is 3.39. The van der Waals surface area contributed by atoms with Crippen molar-refractivity contribution < 1.29 is 18.7 Å². The number of carbonyl (C=O) groups is 2. The van der Waals surface area contributed by atoms with Crippen LogP contribution in [0.2, 0.25) is 5.02 Å². The van der Waals surface area contributed by atoms with E-state index < -0.39 is 24.1 Å². The minimum Gasteiger partial charge on any atom is -0.488 e. The van der Waals surface area contributed by atoms with Crippen LogP contribution in [-0.4, -0.2) is 18.0 Å². The second-order valence-corrected chi connectivity index (χ2v) is 8.05. The van der Waals surface area contributed by atoms with E-state index in [1.54, 1.807) is 18.2 Å². The Morgan fingerprint density at radius 1 is 0.914 bits per heavy atom. The number of fused-ring (bicyclic) bond motifs is 1. The first-order valence-corrected chi connectivity index (χ1v) is 11.1. The molecule has 2 N–H and O–H groups in total. The predicted molar refractivity (Wildman–Crippen MR) is 135 cm³/mol. The van der Waals surface area contributed by atoms with Crippen LogP contribution in [0, 0.1) is 5.82 Å². The molecule has 0 aliphatic rings. The minimum atomic E-state index is -0.653. The third-order valence-electron chi connectivity index (χ3n) is 5.09. The van der Waals surface area contributed by atoms with E-state index in [-0.39, 0.29) is 5.69 Å². The zero-order valence-electron chi connectivity index (χ0n) is 18.5. The van der Waals surface area contributed by atoms with E-state index in [0.29, 0.717) is 22.9 Å². The van der Waals surface area contributed by atoms with Crippen molar-refractivity contribution in [1.82, 2.24) is 5.43 Å². The van der Waals surface area contributed by atoms with Crippen LogP contribution in [0.25, 0.3) is 10.8 Å². The lowest BCUT2D eigenvalue weighted by atomic mass is 10.0. The van der Waals surface area contributed by atoms with Gasteiger partial charge in [0.25, 0.3) is 0 Å². The molecule has 0 radical (unpaired) electrons. The van der Waals surface area contributed by atoms with Crippen molar-refractivity contribution in [3.05, 3.63) is 107 Å². The molecule has 6 nitrogen and oxygen atoms in total. The van der Waals surface area contributed by atoms with Gasteiger partial charge in [0.05, 0.1) is 11.9 Å². The van der Waals surface area contributed by atoms with Gasteiger partial charge >= 0.3 is 0 Å². The van der Waals surface area contributed by atoms with Gasteiger partial charge in [0, 0.05) is 10.6 Å². The largest absolute Gasteiger partial charge is 0.488 e. The fraction of sp³-hybridized carbons (Fsp3) is 0.0741. The molecule has 4 aromatic carbocycles. The molecule has 0 spiro atoms. The number of nitrogens with zero attached hydrogens (tertiary/aromatic N) is 1. The Balaban J connectivity index is 1.44. The molecule has 0 saturated carbocycles. The van der Waals surface area contributed by atoms with Crippen LogP contribution >= 0.6 is 11.6 Å². The molecule has 2 amide bonds. The van der Waals surface area contributed by atoms with Gasteiger partial charge in [-0.3, -0.25) is 9.59 Å². The quantitative estimate of drug-likeness (QED) is 0.189. The van der Waals surface area contributed by atoms with Crippen molar-refractivity contribution in [2.75, 3.05) is 5.32 Å². The molecule has 0 unspecified atom stereocenters. The van der Waals surface area contributed by atoms with Gasteiger partial charge < -0.3 is 10.1 Å². The molecule has 0 aliphatic heterocycles. The first-order chi connectivity index (χ1) is 17.0. The maximum absolute atomic E-state index is 13.7. The lowest BCUT2D eigenvalue weighted by Crippen LogP contribution is -2.25. The van der Waals surface area contributed by atoms with Gasteiger partial charge in [-0.15, -0.1) is 0 Å². The average molecular weight is 490 g/mol. The highest BCUT2D eigenvalue weighted by atomic mass is 35.5. The summed E-state index contributed by atoms with van der Waals surface area (Å²) in [5.74, 6) is -1.30. The Morgan fingerprint density at radius 3 is 2.46 bits per heavy atom. The van der Waals surface area contributed by atoms with E-state index in [2.05, 4.69) is 15.8 Å². The Kier molecular flexibility index (Phi) is 7.70. The second kappa shape index (κ2) is 11.3. The number of anilines is 1. The van der Waals surface area contributed by atoms with Gasteiger partial charge in [0.15, 0.2) is 0 Å². The van der Waals surface area contributed by atoms with Gasteiger partial charge in [-0.25, -0.2) is 9.82 Å². The van der Waals surface area contributed by atoms with Crippen molar-refractivity contribution in [3.8, 4) is 5.75 Å². The molecule has 0 fully saturated rings. The minimum absolute atomic E-state index is 0.00651. The zero-order valence-corrected chi connectivity index (χ0v) is 19.3. The number of hydrogen-bond donors (Lipinski definition) is 2. The van der Waals surface area contributed by atoms with E-state index >= 15 is 0 Å². The molecule has 4 rings (SSSR count). The Bertz CT molecular complexity index is 1390. The summed E-state index contributed by atoms with van der Waals surface area (Å²) in [4.78, 5) is 24.2. The molecule has 8 heteroatoms. The lowest BCUT2D eigenvalue weighted by molar-refractivity contribution is -0.126. The van der Waals surface area contributed by atoms with E-state index in [1.165, 1.54) is 24.4 Å². The number of ether oxygens (including phenoxy) is 1. The lowest BCUT2D eigenvalue weighted by Gasteiger charge is -2.12. The molecule has 4 aromatic rings. The molecule has 0 atom stereocenters. The van der Waals surface area contributed by atoms with Crippen LogP contribution in [0.3, 0.4) is 0 Å². The van der Waals surface area contributed by atoms with Crippen molar-refractivity contribution in [2.24, 2.45) is 5.10 Å². The van der Waals surface area contributed by atoms with Crippen LogP contribution in [-0.2, 0) is 16.2 Å². The molecule has 35 heavy (non-hydrogen) atoms. The second-order valence-electron chi connectivity index (χ2n) is 7.61. The summed E-state index contributed by atoms with van der Waals surface area (Å²) in [7, 11) is 0. The van der Waals surface area contributed by atoms with E-state index in [9.17, 15) is 14.0 Å². The van der Waals surface area contributed by atoms with Crippen molar-refractivity contribution in [1.29, 1.82) is 0 Å². The van der Waals surface area contributed by atoms with Crippen LogP contribution in [0.15, 0.2) is 90.0 Å². The summed E-state index contributed by atoms with van der Waals surface area (Å²) >= 11 is 5.95. The molecule has 0 saturated heterocycles. The maximum atomic E-state index is 13.7. The van der Waals surface area contributed by atoms with Gasteiger partial charge in [-0.05, 0) is 46.7 Å². The molecule has 176 valence electrons. The number of halogens is 2. The highest BCUT2D eigenvalue weighted by molar-refractivity contribution is 6.30. The predicted octanol–water partition coefficient (Wildman–Crippen LogP) is 5.69. The normalized spacial score (nSPS) is 10.9. The number of para-hydroxylation sites is 1. The summed E-state index contributed by atoms with van der Waals surface area (Å²) in [6, 6.07) is 24.5. The molecular weight excluding hydrogens is 469 g/mol. The number of benzene rings is 4. The number of hydrogen-bond acceptors (Lipinski definition) is 4. The van der Waals surface area contributed by atoms with Gasteiger partial charge in [0.1, 0.15) is 24.6 Å². The Labute approximate surface area is 206 Å². The third-order valence-corrected chi connectivity index (χ3v) is 5.34. The Morgan fingerprint density at radius 2 is 1.66 bits per heavy atom. The van der Waals surface area contributed by atoms with Crippen molar-refractivity contribution >= 4 is 46.1 Å². The van der Waals surface area contributed by atoms with E-state index in [1.807, 2.05) is 48.5 Å². The molecule has 0 heterocycles. The first-order valence-electron chi connectivity index (χ1n) is 10.7. The van der Waals surface area contributed by atoms with Crippen LogP contribution in [0.4, 0.5) is 10.1 Å². The third kappa shape index (κ3) is 6.43. The maximum Gasteiger partial charge on any atom is 0.249 e. The van der Waals surface area contributed by atoms with Crippen LogP contribution < -0.4 is 15.5 Å². The summed E-state index contributed by atoms with van der Waals surface area (Å²) < 4.78 is 19.7. The Hall–Kier alpha value is -4.23. The standard InChI is InChI=1S/C27H21ClFN3O3/c28-20-12-9-18(10-13-20)17-35-25-14-11-19-5-1-2-6-21(19)22(25)16-30-32-27(34)15-26(33)31-24-8-4-3-7-23(24)29/h1-14,16H,15,17H2,(H,31,33)(H,32,34). The van der Waals surface area contributed by atoms with Gasteiger partial charge in [-0.2, -0.15) is 5.10 Å². The van der Waals surface area contributed by atoms with Gasteiger partial charge in [-0.1, -0.05) is 66.2 Å². The van der Waals surface area contributed by atoms with E-state index in [4.69, 9.17) is 16.3 Å². The molecular formula is C27H21ClFN3O3. The topological polar surface area (TPSA) is 79.8 Å². The van der Waals surface area contributed by atoms with Crippen molar-refractivity contribution in [3.63, 3.8) is 0 Å². The molecule has 0 aliphatic carbocycles. The average Bonchev–Trinajstić information content (AvgIpc) is 2.85. The summed E-state index contributed by atoms with van der Waals surface area (Å²) in [5.41, 5.74) is 3.96. The number of carbonyl (C=O) groups excluding carboxylic acids is 2. The van der Waals surface area contributed by atoms with E-state index in [0.717, 1.165) is 16.3 Å². The monoisotopic (exact) mass is 489 g/mol. The summed E-state index contributed by atoms with van der Waals surface area (Å²) in [6.45, 7) is 0.318. The molecule has 0 aromatic heterocycles. The first kappa shape index (κ1) is 23.9. The van der Waals surface area contributed by atoms with Crippen molar-refractivity contribution in [2.45, 2.75) is 13.0 Å². The SMILES string of the molecule is O=C(CC(=O)Nc1ccccc1F)NN=Cc1c(OCc2ccc(Cl)cc2)ccc2ccccc12. The highest BCUT2D eigenvalue weighted by Crippen LogP contribution is 2.27. The zero-order chi connectivity index (χ0) is 24.6. The number of hydrazone groups is 1. The van der Waals surface area contributed by atoms with Gasteiger partial charge in [0.2, 0.25) is 11.8 Å². The summed E-state index contributed by atoms with van der Waals surface area (Å²) in [5, 5.41) is 8.89. The number of amides is 2. The highest BCUT2D eigenvalue weighted by Gasteiger charge is 2.12. The summed E-state index contributed by atoms with van der Waals surface area (Å²) in [6.07, 6.45) is 0.966. The van der Waals surface area contributed by atoms with Crippen LogP contribution in [0.5, 0.6) is 5.75 Å². The molecule has 0 bridgehead atoms. The fourth-order valence-corrected chi connectivity index (χ4v) is 3.51.